The van der Waals surface area contributed by atoms with Gasteiger partial charge >= 0.3 is 0 Å². The third-order valence-electron chi connectivity index (χ3n) is 5.04. The van der Waals surface area contributed by atoms with Crippen molar-refractivity contribution in [2.24, 2.45) is 4.99 Å². The molecule has 1 aliphatic heterocycles. The normalized spacial score (nSPS) is 16.0. The van der Waals surface area contributed by atoms with Crippen molar-refractivity contribution >= 4 is 5.96 Å². The molecule has 0 aliphatic carbocycles. The van der Waals surface area contributed by atoms with Gasteiger partial charge < -0.3 is 24.8 Å². The topological polar surface area (TPSA) is 64.1 Å². The molecule has 1 aliphatic rings. The number of nitrogens with one attached hydrogen (secondary N) is 2. The Morgan fingerprint density at radius 1 is 1.17 bits per heavy atom. The van der Waals surface area contributed by atoms with Gasteiger partial charge in [0.2, 0.25) is 0 Å². The molecule has 2 N–H and O–H groups in total. The molecule has 0 radical (unpaired) electrons. The van der Waals surface area contributed by atoms with E-state index in [2.05, 4.69) is 52.9 Å². The summed E-state index contributed by atoms with van der Waals surface area (Å²) in [6.07, 6.45) is 0.996. The second kappa shape index (κ2) is 10.7. The van der Waals surface area contributed by atoms with Gasteiger partial charge in [0.15, 0.2) is 5.96 Å². The summed E-state index contributed by atoms with van der Waals surface area (Å²) in [5, 5.41) is 6.85. The molecule has 2 aromatic carbocycles. The summed E-state index contributed by atoms with van der Waals surface area (Å²) in [6.45, 7) is 5.35. The summed E-state index contributed by atoms with van der Waals surface area (Å²) in [4.78, 5) is 4.37. The average Bonchev–Trinajstić information content (AvgIpc) is 2.75. The van der Waals surface area contributed by atoms with Gasteiger partial charge in [-0.25, -0.2) is 0 Å². The van der Waals surface area contributed by atoms with Crippen LogP contribution in [-0.2, 0) is 11.3 Å². The number of hydrogen-bond acceptors (Lipinski definition) is 4. The van der Waals surface area contributed by atoms with Gasteiger partial charge in [0.05, 0.1) is 13.2 Å². The number of rotatable bonds is 8. The van der Waals surface area contributed by atoms with Crippen LogP contribution in [0.4, 0.5) is 0 Å². The maximum absolute atomic E-state index is 5.88. The van der Waals surface area contributed by atoms with Gasteiger partial charge in [-0.05, 0) is 36.6 Å². The van der Waals surface area contributed by atoms with E-state index in [1.807, 2.05) is 12.1 Å². The lowest BCUT2D eigenvalue weighted by Crippen LogP contribution is -2.39. The number of aryl methyl sites for hydroxylation is 1. The Kier molecular flexibility index (Phi) is 7.76. The third-order valence-corrected chi connectivity index (χ3v) is 5.04. The highest BCUT2D eigenvalue weighted by atomic mass is 16.5. The molecule has 6 nitrogen and oxygen atoms in total. The first kappa shape index (κ1) is 21.0. The van der Waals surface area contributed by atoms with Crippen molar-refractivity contribution in [2.75, 3.05) is 40.5 Å². The highest BCUT2D eigenvalue weighted by Crippen LogP contribution is 2.32. The Hall–Kier alpha value is -2.73. The van der Waals surface area contributed by atoms with Crippen LogP contribution in [0.2, 0.25) is 0 Å². The van der Waals surface area contributed by atoms with Crippen LogP contribution < -0.4 is 20.1 Å². The van der Waals surface area contributed by atoms with Gasteiger partial charge in [-0.15, -0.1) is 0 Å². The highest BCUT2D eigenvalue weighted by molar-refractivity contribution is 5.79. The van der Waals surface area contributed by atoms with Crippen LogP contribution in [0.5, 0.6) is 11.5 Å². The molecule has 156 valence electrons. The second-order valence-corrected chi connectivity index (χ2v) is 7.13. The van der Waals surface area contributed by atoms with Crippen molar-refractivity contribution in [3.63, 3.8) is 0 Å². The van der Waals surface area contributed by atoms with E-state index in [0.29, 0.717) is 25.7 Å². The molecule has 0 saturated heterocycles. The van der Waals surface area contributed by atoms with Gasteiger partial charge in [-0.2, -0.15) is 0 Å². The van der Waals surface area contributed by atoms with E-state index in [0.717, 1.165) is 42.6 Å². The smallest absolute Gasteiger partial charge is 0.191 e. The Morgan fingerprint density at radius 2 is 2.03 bits per heavy atom. The lowest BCUT2D eigenvalue weighted by molar-refractivity contribution is 0.145. The maximum atomic E-state index is 5.88. The maximum Gasteiger partial charge on any atom is 0.191 e. The first-order chi connectivity index (χ1) is 14.2. The fourth-order valence-electron chi connectivity index (χ4n) is 3.42. The number of fused-ring (bicyclic) bond motifs is 1. The first-order valence-corrected chi connectivity index (χ1v) is 10.1. The van der Waals surface area contributed by atoms with Crippen molar-refractivity contribution in [3.8, 4) is 11.5 Å². The van der Waals surface area contributed by atoms with E-state index in [9.17, 15) is 0 Å². The summed E-state index contributed by atoms with van der Waals surface area (Å²) in [5.41, 5.74) is 3.52. The SMILES string of the molecule is CN=C(NCc1ccc(C)cc1OCCOC)NCC1CCOc2ccccc21. The number of ether oxygens (including phenoxy) is 3. The van der Waals surface area contributed by atoms with E-state index < -0.39 is 0 Å². The average molecular weight is 398 g/mol. The molecule has 0 aromatic heterocycles. The molecule has 29 heavy (non-hydrogen) atoms. The molecule has 0 saturated carbocycles. The van der Waals surface area contributed by atoms with Crippen LogP contribution in [0.15, 0.2) is 47.5 Å². The van der Waals surface area contributed by atoms with E-state index in [1.165, 1.54) is 11.1 Å². The van der Waals surface area contributed by atoms with Crippen LogP contribution in [0, 0.1) is 6.92 Å². The molecule has 3 rings (SSSR count). The van der Waals surface area contributed by atoms with Crippen LogP contribution in [-0.4, -0.2) is 46.5 Å². The summed E-state index contributed by atoms with van der Waals surface area (Å²) >= 11 is 0. The van der Waals surface area contributed by atoms with Crippen molar-refractivity contribution in [2.45, 2.75) is 25.8 Å². The molecule has 6 heteroatoms. The Labute approximate surface area is 173 Å². The number of guanidine groups is 1. The van der Waals surface area contributed by atoms with Gasteiger partial charge in [-0.1, -0.05) is 30.3 Å². The molecule has 0 fully saturated rings. The number of nitrogens with zero attached hydrogens (tertiary/aromatic N) is 1. The zero-order chi connectivity index (χ0) is 20.5. The van der Waals surface area contributed by atoms with Gasteiger partial charge in [-0.3, -0.25) is 4.99 Å². The Morgan fingerprint density at radius 3 is 2.86 bits per heavy atom. The summed E-state index contributed by atoms with van der Waals surface area (Å²) < 4.78 is 16.7. The summed E-state index contributed by atoms with van der Waals surface area (Å²) in [6, 6.07) is 14.5. The predicted molar refractivity (Wildman–Crippen MR) is 116 cm³/mol. The fourth-order valence-corrected chi connectivity index (χ4v) is 3.42. The fraction of sp³-hybridized carbons (Fsp3) is 0.435. The number of aliphatic imine (C=N–C) groups is 1. The standard InChI is InChI=1S/C23H31N3O3/c1-17-8-9-19(22(14-17)29-13-12-27-3)16-26-23(24-2)25-15-18-10-11-28-21-7-5-4-6-20(18)21/h4-9,14,18H,10-13,15-16H2,1-3H3,(H2,24,25,26). The molecule has 1 heterocycles. The van der Waals surface area contributed by atoms with Gasteiger partial charge in [0.1, 0.15) is 18.1 Å². The van der Waals surface area contributed by atoms with E-state index in [-0.39, 0.29) is 0 Å². The van der Waals surface area contributed by atoms with Crippen LogP contribution >= 0.6 is 0 Å². The van der Waals surface area contributed by atoms with Crippen molar-refractivity contribution < 1.29 is 14.2 Å². The Balaban J connectivity index is 1.56. The monoisotopic (exact) mass is 397 g/mol. The second-order valence-electron chi connectivity index (χ2n) is 7.13. The number of methoxy groups -OCH3 is 1. The summed E-state index contributed by atoms with van der Waals surface area (Å²) in [7, 11) is 3.47. The lowest BCUT2D eigenvalue weighted by atomic mass is 9.93. The zero-order valence-electron chi connectivity index (χ0n) is 17.5. The number of para-hydroxylation sites is 1. The van der Waals surface area contributed by atoms with E-state index in [1.54, 1.807) is 14.2 Å². The predicted octanol–water partition coefficient (Wildman–Crippen LogP) is 3.25. The van der Waals surface area contributed by atoms with E-state index >= 15 is 0 Å². The minimum atomic E-state index is 0.408. The van der Waals surface area contributed by atoms with Crippen molar-refractivity contribution in [3.05, 3.63) is 59.2 Å². The molecular weight excluding hydrogens is 366 g/mol. The van der Waals surface area contributed by atoms with Crippen molar-refractivity contribution in [1.82, 2.24) is 10.6 Å². The molecule has 1 atom stereocenters. The van der Waals surface area contributed by atoms with E-state index in [4.69, 9.17) is 14.2 Å². The molecule has 0 bridgehead atoms. The van der Waals surface area contributed by atoms with Crippen LogP contribution in [0.3, 0.4) is 0 Å². The largest absolute Gasteiger partial charge is 0.493 e. The molecule has 0 spiro atoms. The number of hydrogen-bond donors (Lipinski definition) is 2. The first-order valence-electron chi connectivity index (χ1n) is 10.1. The van der Waals surface area contributed by atoms with Crippen LogP contribution in [0.1, 0.15) is 29.0 Å². The molecule has 0 amide bonds. The van der Waals surface area contributed by atoms with Crippen LogP contribution in [0.25, 0.3) is 0 Å². The van der Waals surface area contributed by atoms with Gasteiger partial charge in [0, 0.05) is 38.7 Å². The molecular formula is C23H31N3O3. The minimum Gasteiger partial charge on any atom is -0.493 e. The highest BCUT2D eigenvalue weighted by Gasteiger charge is 2.21. The molecule has 1 unspecified atom stereocenters. The summed E-state index contributed by atoms with van der Waals surface area (Å²) in [5.74, 6) is 3.05. The zero-order valence-corrected chi connectivity index (χ0v) is 17.5. The molecule has 2 aromatic rings. The number of benzene rings is 2. The Bertz CT molecular complexity index is 823. The van der Waals surface area contributed by atoms with Crippen molar-refractivity contribution in [1.29, 1.82) is 0 Å². The van der Waals surface area contributed by atoms with Gasteiger partial charge in [0.25, 0.3) is 0 Å². The quantitative estimate of drug-likeness (QED) is 0.407. The third kappa shape index (κ3) is 5.87. The lowest BCUT2D eigenvalue weighted by Gasteiger charge is -2.26. The minimum absolute atomic E-state index is 0.408.